The first-order chi connectivity index (χ1) is 13.3. The molecule has 0 radical (unpaired) electrons. The highest BCUT2D eigenvalue weighted by atomic mass is 16.6. The summed E-state index contributed by atoms with van der Waals surface area (Å²) in [6, 6.07) is 7.20. The molecule has 0 bridgehead atoms. The molecule has 0 fully saturated rings. The van der Waals surface area contributed by atoms with E-state index >= 15 is 0 Å². The molecule has 1 unspecified atom stereocenters. The van der Waals surface area contributed by atoms with Gasteiger partial charge in [-0.2, -0.15) is 0 Å². The van der Waals surface area contributed by atoms with Crippen molar-refractivity contribution in [2.75, 3.05) is 6.61 Å². The first-order valence-corrected chi connectivity index (χ1v) is 9.43. The van der Waals surface area contributed by atoms with Gasteiger partial charge in [0.2, 0.25) is 0 Å². The minimum absolute atomic E-state index is 0.0337. The summed E-state index contributed by atoms with van der Waals surface area (Å²) in [4.78, 5) is 30.4. The fraction of sp³-hybridized carbons (Fsp3) is 0.435. The number of Topliss-reactive ketones (excluding diaryl/α,β-unsaturated/α-hetero) is 1. The van der Waals surface area contributed by atoms with Gasteiger partial charge in [0.15, 0.2) is 12.4 Å². The number of carbonyl (C=O) groups excluding carboxylic acids is 2. The third kappa shape index (κ3) is 5.32. The number of benzene rings is 1. The molecule has 5 nitrogen and oxygen atoms in total. The summed E-state index contributed by atoms with van der Waals surface area (Å²) in [6.45, 7) is 7.81. The van der Waals surface area contributed by atoms with Crippen molar-refractivity contribution in [1.82, 2.24) is 0 Å². The molecule has 0 saturated carbocycles. The summed E-state index contributed by atoms with van der Waals surface area (Å²) in [6.07, 6.45) is 7.95. The van der Waals surface area contributed by atoms with E-state index in [0.29, 0.717) is 23.3 Å². The Bertz CT molecular complexity index is 825. The molecule has 0 spiro atoms. The van der Waals surface area contributed by atoms with Crippen LogP contribution in [-0.2, 0) is 14.4 Å². The van der Waals surface area contributed by atoms with E-state index < -0.39 is 17.5 Å². The van der Waals surface area contributed by atoms with Crippen LogP contribution in [0, 0.1) is 24.7 Å². The average molecular weight is 381 g/mol. The second kappa shape index (κ2) is 9.36. The lowest BCUT2D eigenvalue weighted by Crippen LogP contribution is -2.40. The normalized spacial score (nSPS) is 18.8. The van der Waals surface area contributed by atoms with E-state index in [1.807, 2.05) is 39.8 Å². The van der Waals surface area contributed by atoms with Crippen LogP contribution in [-0.4, -0.2) is 30.2 Å². The Kier molecular flexibility index (Phi) is 7.17. The van der Waals surface area contributed by atoms with Gasteiger partial charge in [0.05, 0.1) is 11.3 Å². The standard InChI is InChI=1S/C23H27NO4/c1-6-8-19(24-27-13-7-2)18-14-21(23(4,5)15-20(18)25)28-22(26)17-11-9-16(3)10-12-17/h2,9-12,14,21H,6,8,13,15H2,1,3-5H3/b24-19-. The van der Waals surface area contributed by atoms with Crippen LogP contribution in [0.3, 0.4) is 0 Å². The molecule has 0 aliphatic heterocycles. The van der Waals surface area contributed by atoms with Gasteiger partial charge in [0.25, 0.3) is 0 Å². The van der Waals surface area contributed by atoms with Crippen LogP contribution in [0.1, 0.15) is 56.0 Å². The molecule has 2 rings (SSSR count). The maximum atomic E-state index is 12.7. The Morgan fingerprint density at radius 1 is 1.32 bits per heavy atom. The lowest BCUT2D eigenvalue weighted by atomic mass is 9.74. The number of rotatable bonds is 7. The molecule has 0 saturated heterocycles. The summed E-state index contributed by atoms with van der Waals surface area (Å²) < 4.78 is 5.77. The van der Waals surface area contributed by atoms with Gasteiger partial charge >= 0.3 is 5.97 Å². The SMILES string of the molecule is C#CCO/N=C(/CCC)C1=CC(OC(=O)c2ccc(C)cc2)C(C)(C)CC1=O. The largest absolute Gasteiger partial charge is 0.454 e. The number of ether oxygens (including phenoxy) is 1. The summed E-state index contributed by atoms with van der Waals surface area (Å²) in [5.74, 6) is 1.89. The zero-order chi connectivity index (χ0) is 20.7. The molecule has 1 aromatic carbocycles. The van der Waals surface area contributed by atoms with Gasteiger partial charge in [-0.3, -0.25) is 4.79 Å². The summed E-state index contributed by atoms with van der Waals surface area (Å²) in [5.41, 5.74) is 2.01. The van der Waals surface area contributed by atoms with Gasteiger partial charge < -0.3 is 9.57 Å². The maximum Gasteiger partial charge on any atom is 0.338 e. The summed E-state index contributed by atoms with van der Waals surface area (Å²) in [7, 11) is 0. The molecule has 0 N–H and O–H groups in total. The van der Waals surface area contributed by atoms with E-state index in [4.69, 9.17) is 16.0 Å². The molecular formula is C23H27NO4. The smallest absolute Gasteiger partial charge is 0.338 e. The van der Waals surface area contributed by atoms with Crippen molar-refractivity contribution in [2.24, 2.45) is 10.6 Å². The van der Waals surface area contributed by atoms with Gasteiger partial charge in [-0.15, -0.1) is 6.42 Å². The molecule has 1 aliphatic carbocycles. The lowest BCUT2D eigenvalue weighted by Gasteiger charge is -2.35. The summed E-state index contributed by atoms with van der Waals surface area (Å²) >= 11 is 0. The predicted molar refractivity (Wildman–Crippen MR) is 109 cm³/mol. The van der Waals surface area contributed by atoms with Crippen molar-refractivity contribution in [3.8, 4) is 12.3 Å². The fourth-order valence-corrected chi connectivity index (χ4v) is 3.02. The Hall–Kier alpha value is -2.87. The van der Waals surface area contributed by atoms with Gasteiger partial charge in [-0.1, -0.05) is 56.0 Å². The van der Waals surface area contributed by atoms with Crippen LogP contribution in [0.15, 0.2) is 41.1 Å². The van der Waals surface area contributed by atoms with Crippen LogP contribution >= 0.6 is 0 Å². The minimum Gasteiger partial charge on any atom is -0.454 e. The number of esters is 1. The van der Waals surface area contributed by atoms with E-state index in [1.54, 1.807) is 18.2 Å². The van der Waals surface area contributed by atoms with Gasteiger partial charge in [0.1, 0.15) is 6.10 Å². The third-order valence-corrected chi connectivity index (χ3v) is 4.65. The van der Waals surface area contributed by atoms with Crippen molar-refractivity contribution >= 4 is 17.5 Å². The fourth-order valence-electron chi connectivity index (χ4n) is 3.02. The zero-order valence-corrected chi connectivity index (χ0v) is 17.0. The number of oxime groups is 1. The Morgan fingerprint density at radius 2 is 2.00 bits per heavy atom. The van der Waals surface area contributed by atoms with Crippen molar-refractivity contribution in [3.05, 3.63) is 47.0 Å². The Morgan fingerprint density at radius 3 is 2.61 bits per heavy atom. The first kappa shape index (κ1) is 21.4. The number of allylic oxidation sites excluding steroid dienone is 1. The molecular weight excluding hydrogens is 354 g/mol. The molecule has 148 valence electrons. The Labute approximate surface area is 166 Å². The number of ketones is 1. The molecule has 0 heterocycles. The van der Waals surface area contributed by atoms with Crippen LogP contribution in [0.4, 0.5) is 0 Å². The van der Waals surface area contributed by atoms with Crippen molar-refractivity contribution in [1.29, 1.82) is 0 Å². The number of carbonyl (C=O) groups is 2. The highest BCUT2D eigenvalue weighted by Gasteiger charge is 2.40. The van der Waals surface area contributed by atoms with Gasteiger partial charge in [0, 0.05) is 17.4 Å². The molecule has 28 heavy (non-hydrogen) atoms. The average Bonchev–Trinajstić information content (AvgIpc) is 2.63. The second-order valence-corrected chi connectivity index (χ2v) is 7.63. The highest BCUT2D eigenvalue weighted by molar-refractivity contribution is 6.22. The number of hydrogen-bond donors (Lipinski definition) is 0. The number of terminal acetylenes is 1. The molecule has 0 aromatic heterocycles. The van der Waals surface area contributed by atoms with E-state index in [2.05, 4.69) is 11.1 Å². The maximum absolute atomic E-state index is 12.7. The quantitative estimate of drug-likeness (QED) is 0.233. The zero-order valence-electron chi connectivity index (χ0n) is 17.0. The topological polar surface area (TPSA) is 65.0 Å². The van der Waals surface area contributed by atoms with Crippen LogP contribution < -0.4 is 0 Å². The number of hydrogen-bond acceptors (Lipinski definition) is 5. The first-order valence-electron chi connectivity index (χ1n) is 9.43. The third-order valence-electron chi connectivity index (χ3n) is 4.65. The van der Waals surface area contributed by atoms with E-state index in [0.717, 1.165) is 12.0 Å². The van der Waals surface area contributed by atoms with Crippen molar-refractivity contribution in [2.45, 2.75) is 53.1 Å². The van der Waals surface area contributed by atoms with Crippen molar-refractivity contribution < 1.29 is 19.2 Å². The van der Waals surface area contributed by atoms with E-state index in [-0.39, 0.29) is 18.8 Å². The predicted octanol–water partition coefficient (Wildman–Crippen LogP) is 4.25. The minimum atomic E-state index is -0.552. The van der Waals surface area contributed by atoms with Crippen molar-refractivity contribution in [3.63, 3.8) is 0 Å². The molecule has 1 atom stereocenters. The van der Waals surface area contributed by atoms with E-state index in [1.165, 1.54) is 0 Å². The molecule has 0 amide bonds. The highest BCUT2D eigenvalue weighted by Crippen LogP contribution is 2.36. The van der Waals surface area contributed by atoms with Gasteiger partial charge in [-0.05, 0) is 31.6 Å². The number of aryl methyl sites for hydroxylation is 1. The van der Waals surface area contributed by atoms with Gasteiger partial charge in [-0.25, -0.2) is 4.79 Å². The second-order valence-electron chi connectivity index (χ2n) is 7.63. The van der Waals surface area contributed by atoms with E-state index in [9.17, 15) is 9.59 Å². The Balaban J connectivity index is 2.31. The lowest BCUT2D eigenvalue weighted by molar-refractivity contribution is -0.119. The molecule has 1 aliphatic rings. The molecule has 5 heteroatoms. The van der Waals surface area contributed by atoms with Crippen LogP contribution in [0.5, 0.6) is 0 Å². The summed E-state index contributed by atoms with van der Waals surface area (Å²) in [5, 5.41) is 4.05. The number of nitrogens with zero attached hydrogens (tertiary/aromatic N) is 1. The van der Waals surface area contributed by atoms with Crippen LogP contribution in [0.2, 0.25) is 0 Å². The monoisotopic (exact) mass is 381 g/mol. The molecule has 1 aromatic rings. The van der Waals surface area contributed by atoms with Crippen LogP contribution in [0.25, 0.3) is 0 Å².